The van der Waals surface area contributed by atoms with Gasteiger partial charge in [-0.15, -0.1) is 0 Å². The molecule has 0 radical (unpaired) electrons. The molecule has 1 aliphatic rings. The smallest absolute Gasteiger partial charge is 0.394 e. The highest BCUT2D eigenvalue weighted by molar-refractivity contribution is 6.04. The van der Waals surface area contributed by atoms with Crippen LogP contribution < -0.4 is 11.0 Å². The van der Waals surface area contributed by atoms with Crippen molar-refractivity contribution in [3.05, 3.63) is 51.8 Å². The Bertz CT molecular complexity index is 1010. The summed E-state index contributed by atoms with van der Waals surface area (Å²) in [5.41, 5.74) is -2.52. The molecule has 4 atom stereocenters. The molecule has 13 heteroatoms. The Kier molecular flexibility index (Phi) is 5.87. The van der Waals surface area contributed by atoms with Gasteiger partial charge in [0, 0.05) is 6.20 Å². The van der Waals surface area contributed by atoms with E-state index in [1.54, 1.807) is 0 Å². The van der Waals surface area contributed by atoms with Crippen molar-refractivity contribution >= 4 is 11.7 Å². The molecular weight excluding hydrogens is 416 g/mol. The molecule has 30 heavy (non-hydrogen) atoms. The molecule has 1 amide bonds. The summed E-state index contributed by atoms with van der Waals surface area (Å²) in [6, 6.07) is 2.73. The summed E-state index contributed by atoms with van der Waals surface area (Å²) >= 11 is 0. The van der Waals surface area contributed by atoms with Gasteiger partial charge in [-0.05, 0) is 25.1 Å². The predicted octanol–water partition coefficient (Wildman–Crippen LogP) is 0.807. The number of rotatable bonds is 4. The Morgan fingerprint density at radius 1 is 1.30 bits per heavy atom. The Hall–Kier alpha value is -2.90. The highest BCUT2D eigenvalue weighted by Crippen LogP contribution is 2.31. The number of nitrogens with zero attached hydrogens (tertiary/aromatic N) is 3. The molecule has 0 saturated carbocycles. The van der Waals surface area contributed by atoms with Crippen molar-refractivity contribution in [1.29, 1.82) is 0 Å². The first-order valence-corrected chi connectivity index (χ1v) is 8.56. The quantitative estimate of drug-likeness (QED) is 0.611. The number of pyridine rings is 1. The number of ether oxygens (including phenoxy) is 1. The first-order valence-electron chi connectivity index (χ1n) is 8.56. The van der Waals surface area contributed by atoms with Crippen LogP contribution in [0.15, 0.2) is 29.2 Å². The maximum atomic E-state index is 14.1. The molecule has 1 aliphatic heterocycles. The van der Waals surface area contributed by atoms with Gasteiger partial charge in [0.25, 0.3) is 5.91 Å². The Morgan fingerprint density at radius 3 is 2.53 bits per heavy atom. The maximum absolute atomic E-state index is 14.1. The van der Waals surface area contributed by atoms with E-state index < -0.39 is 54.7 Å². The number of halogens is 4. The van der Waals surface area contributed by atoms with E-state index >= 15 is 0 Å². The minimum absolute atomic E-state index is 0.161. The van der Waals surface area contributed by atoms with Crippen LogP contribution in [0.1, 0.15) is 28.0 Å². The third-order valence-corrected chi connectivity index (χ3v) is 4.44. The first-order chi connectivity index (χ1) is 14.0. The molecule has 162 valence electrons. The second-order valence-corrected chi connectivity index (χ2v) is 6.47. The van der Waals surface area contributed by atoms with Crippen LogP contribution in [-0.2, 0) is 10.9 Å². The van der Waals surface area contributed by atoms with Crippen molar-refractivity contribution in [2.45, 2.75) is 37.7 Å². The second kappa shape index (κ2) is 8.08. The third-order valence-electron chi connectivity index (χ3n) is 4.44. The molecule has 1 saturated heterocycles. The van der Waals surface area contributed by atoms with E-state index in [2.05, 4.69) is 15.3 Å². The zero-order valence-corrected chi connectivity index (χ0v) is 15.3. The van der Waals surface area contributed by atoms with Crippen LogP contribution >= 0.6 is 0 Å². The average Bonchev–Trinajstić information content (AvgIpc) is 2.95. The zero-order chi connectivity index (χ0) is 22.2. The van der Waals surface area contributed by atoms with Crippen LogP contribution in [0.5, 0.6) is 0 Å². The predicted molar refractivity (Wildman–Crippen MR) is 92.3 cm³/mol. The zero-order valence-electron chi connectivity index (χ0n) is 15.3. The van der Waals surface area contributed by atoms with Gasteiger partial charge in [-0.25, -0.2) is 14.2 Å². The topological polar surface area (TPSA) is 127 Å². The number of nitrogens with one attached hydrogen (secondary N) is 1. The summed E-state index contributed by atoms with van der Waals surface area (Å²) in [6.07, 6.45) is -9.98. The van der Waals surface area contributed by atoms with Gasteiger partial charge in [-0.3, -0.25) is 9.36 Å². The van der Waals surface area contributed by atoms with E-state index in [1.165, 1.54) is 6.92 Å². The van der Waals surface area contributed by atoms with E-state index in [1.807, 2.05) is 0 Å². The number of aromatic nitrogens is 3. The number of alkyl halides is 4. The minimum atomic E-state index is -4.66. The SMILES string of the molecule is Cc1nc(C(F)(F)F)ccc1C(=O)Nc1ccn([C@@H]2O[C@H](CO)[C@@H](O)[C@H]2F)c(=O)n1. The number of aryl methyl sites for hydroxylation is 1. The van der Waals surface area contributed by atoms with Crippen molar-refractivity contribution in [1.82, 2.24) is 14.5 Å². The molecule has 3 N–H and O–H groups in total. The summed E-state index contributed by atoms with van der Waals surface area (Å²) < 4.78 is 58.0. The summed E-state index contributed by atoms with van der Waals surface area (Å²) in [5.74, 6) is -1.09. The molecule has 0 aromatic carbocycles. The lowest BCUT2D eigenvalue weighted by molar-refractivity contribution is -0.141. The lowest BCUT2D eigenvalue weighted by atomic mass is 10.1. The number of hydrogen-bond donors (Lipinski definition) is 3. The van der Waals surface area contributed by atoms with Gasteiger partial charge in [0.2, 0.25) is 0 Å². The fourth-order valence-corrected chi connectivity index (χ4v) is 2.90. The van der Waals surface area contributed by atoms with Gasteiger partial charge in [0.1, 0.15) is 23.7 Å². The Morgan fingerprint density at radius 2 is 2.00 bits per heavy atom. The number of carbonyl (C=O) groups is 1. The normalized spacial score (nSPS) is 24.1. The van der Waals surface area contributed by atoms with Gasteiger partial charge in [0.15, 0.2) is 12.4 Å². The lowest BCUT2D eigenvalue weighted by Crippen LogP contribution is -2.33. The molecule has 3 rings (SSSR count). The molecule has 3 heterocycles. The molecule has 9 nitrogen and oxygen atoms in total. The molecular formula is C17H16F4N4O5. The van der Waals surface area contributed by atoms with Gasteiger partial charge >= 0.3 is 11.9 Å². The summed E-state index contributed by atoms with van der Waals surface area (Å²) in [4.78, 5) is 31.4. The fraction of sp³-hybridized carbons (Fsp3) is 0.412. The summed E-state index contributed by atoms with van der Waals surface area (Å²) in [5, 5.41) is 20.9. The number of anilines is 1. The van der Waals surface area contributed by atoms with Crippen LogP contribution in [0.25, 0.3) is 0 Å². The molecule has 0 spiro atoms. The first kappa shape index (κ1) is 21.8. The Labute approximate surface area is 166 Å². The Balaban J connectivity index is 1.78. The van der Waals surface area contributed by atoms with Crippen LogP contribution in [0.3, 0.4) is 0 Å². The second-order valence-electron chi connectivity index (χ2n) is 6.47. The number of aliphatic hydroxyl groups excluding tert-OH is 2. The average molecular weight is 432 g/mol. The van der Waals surface area contributed by atoms with E-state index in [9.17, 15) is 32.3 Å². The van der Waals surface area contributed by atoms with Crippen molar-refractivity contribution in [3.63, 3.8) is 0 Å². The summed E-state index contributed by atoms with van der Waals surface area (Å²) in [7, 11) is 0. The van der Waals surface area contributed by atoms with Crippen molar-refractivity contribution in [2.24, 2.45) is 0 Å². The minimum Gasteiger partial charge on any atom is -0.394 e. The molecule has 1 fully saturated rings. The van der Waals surface area contributed by atoms with E-state index in [-0.39, 0.29) is 17.1 Å². The monoisotopic (exact) mass is 432 g/mol. The highest BCUT2D eigenvalue weighted by Gasteiger charge is 2.45. The van der Waals surface area contributed by atoms with E-state index in [4.69, 9.17) is 9.84 Å². The fourth-order valence-electron chi connectivity index (χ4n) is 2.90. The van der Waals surface area contributed by atoms with Gasteiger partial charge in [-0.1, -0.05) is 0 Å². The van der Waals surface area contributed by atoms with Crippen LogP contribution in [-0.4, -0.2) is 55.6 Å². The van der Waals surface area contributed by atoms with Gasteiger partial charge < -0.3 is 20.3 Å². The highest BCUT2D eigenvalue weighted by atomic mass is 19.4. The molecule has 0 unspecified atom stereocenters. The summed E-state index contributed by atoms with van der Waals surface area (Å²) in [6.45, 7) is 0.562. The van der Waals surface area contributed by atoms with Crippen LogP contribution in [0, 0.1) is 6.92 Å². The van der Waals surface area contributed by atoms with Crippen molar-refractivity contribution in [2.75, 3.05) is 11.9 Å². The molecule has 2 aromatic heterocycles. The van der Waals surface area contributed by atoms with Crippen molar-refractivity contribution < 1.29 is 37.3 Å². The molecule has 2 aromatic rings. The van der Waals surface area contributed by atoms with E-state index in [0.717, 1.165) is 22.9 Å². The molecule has 0 aliphatic carbocycles. The van der Waals surface area contributed by atoms with Gasteiger partial charge in [0.05, 0.1) is 17.9 Å². The standard InChI is InChI=1S/C17H16F4N4O5/c1-7-8(2-3-10(22-7)17(19,20)21)14(28)23-11-4-5-25(16(29)24-11)15-12(18)13(27)9(6-26)30-15/h2-5,9,12-13,15,26-27H,6H2,1H3,(H,23,24,28,29)/t9-,12-,13-,15-/m1/s1. The van der Waals surface area contributed by atoms with Crippen LogP contribution in [0.2, 0.25) is 0 Å². The largest absolute Gasteiger partial charge is 0.433 e. The number of carbonyl (C=O) groups excluding carboxylic acids is 1. The number of hydrogen-bond acceptors (Lipinski definition) is 7. The molecule has 0 bridgehead atoms. The lowest BCUT2D eigenvalue weighted by Gasteiger charge is -2.16. The van der Waals surface area contributed by atoms with Crippen molar-refractivity contribution in [3.8, 4) is 0 Å². The van der Waals surface area contributed by atoms with E-state index in [0.29, 0.717) is 6.07 Å². The van der Waals surface area contributed by atoms with Gasteiger partial charge in [-0.2, -0.15) is 18.2 Å². The number of amides is 1. The third kappa shape index (κ3) is 4.17. The van der Waals surface area contributed by atoms with Crippen LogP contribution in [0.4, 0.5) is 23.4 Å². The number of aliphatic hydroxyl groups is 2. The maximum Gasteiger partial charge on any atom is 0.433 e.